The van der Waals surface area contributed by atoms with Crippen LogP contribution < -0.4 is 0 Å². The molecule has 0 aliphatic carbocycles. The van der Waals surface area contributed by atoms with E-state index in [4.69, 9.17) is 10.3 Å². The lowest BCUT2D eigenvalue weighted by Gasteiger charge is -1.92. The number of rotatable bonds is 0. The number of imidazole rings is 1. The highest BCUT2D eigenvalue weighted by molar-refractivity contribution is 5.76. The largest absolute Gasteiger partial charge is 0.508 e. The van der Waals surface area contributed by atoms with Gasteiger partial charge in [0.2, 0.25) is 0 Å². The molecule has 0 amide bonds. The molecule has 4 heteroatoms. The van der Waals surface area contributed by atoms with Crippen molar-refractivity contribution in [2.75, 3.05) is 0 Å². The molecule has 0 aliphatic heterocycles. The van der Waals surface area contributed by atoms with Gasteiger partial charge in [-0.25, -0.2) is 4.98 Å². The smallest absolute Gasteiger partial charge is 0.133 e. The summed E-state index contributed by atoms with van der Waals surface area (Å²) < 4.78 is 0.911. The highest BCUT2D eigenvalue weighted by Crippen LogP contribution is 2.16. The van der Waals surface area contributed by atoms with Crippen LogP contribution in [-0.4, -0.2) is 20.0 Å². The van der Waals surface area contributed by atoms with E-state index < -0.39 is 0 Å². The van der Waals surface area contributed by atoms with E-state index in [1.165, 1.54) is 18.5 Å². The number of nitrogens with zero attached hydrogens (tertiary/aromatic N) is 2. The molecule has 11 heavy (non-hydrogen) atoms. The van der Waals surface area contributed by atoms with Crippen LogP contribution in [0.4, 0.5) is 0 Å². The highest BCUT2D eigenvalue weighted by atomic mass is 16.5. The van der Waals surface area contributed by atoms with Crippen molar-refractivity contribution in [1.82, 2.24) is 9.71 Å². The minimum Gasteiger partial charge on any atom is -0.508 e. The molecule has 1 aromatic heterocycles. The van der Waals surface area contributed by atoms with Crippen molar-refractivity contribution in [3.05, 3.63) is 24.5 Å². The Morgan fingerprint density at radius 2 is 2.18 bits per heavy atom. The van der Waals surface area contributed by atoms with Gasteiger partial charge >= 0.3 is 0 Å². The van der Waals surface area contributed by atoms with Gasteiger partial charge in [0.25, 0.3) is 0 Å². The van der Waals surface area contributed by atoms with Crippen LogP contribution in [0.15, 0.2) is 24.5 Å². The van der Waals surface area contributed by atoms with Crippen LogP contribution in [0.5, 0.6) is 5.75 Å². The first-order valence-electron chi connectivity index (χ1n) is 3.13. The summed E-state index contributed by atoms with van der Waals surface area (Å²) in [6, 6.07) is 4.58. The Kier molecular flexibility index (Phi) is 1.03. The molecule has 2 N–H and O–H groups in total. The zero-order valence-electron chi connectivity index (χ0n) is 5.60. The van der Waals surface area contributed by atoms with Crippen molar-refractivity contribution in [1.29, 1.82) is 0 Å². The summed E-state index contributed by atoms with van der Waals surface area (Å²) in [4.78, 5) is 3.83. The number of aromatic nitrogens is 2. The van der Waals surface area contributed by atoms with Crippen LogP contribution in [0.25, 0.3) is 11.0 Å². The Morgan fingerprint density at radius 1 is 1.36 bits per heavy atom. The maximum absolute atomic E-state index is 9.07. The molecule has 1 heterocycles. The van der Waals surface area contributed by atoms with Gasteiger partial charge in [0.05, 0.1) is 5.52 Å². The fraction of sp³-hybridized carbons (Fsp3) is 0. The maximum Gasteiger partial charge on any atom is 0.133 e. The number of hydrogen-bond donors (Lipinski definition) is 2. The van der Waals surface area contributed by atoms with Gasteiger partial charge < -0.3 is 10.3 Å². The van der Waals surface area contributed by atoms with Gasteiger partial charge in [-0.15, -0.1) is 0 Å². The van der Waals surface area contributed by atoms with E-state index in [9.17, 15) is 0 Å². The van der Waals surface area contributed by atoms with Crippen molar-refractivity contribution in [2.24, 2.45) is 0 Å². The molecule has 0 unspecified atom stereocenters. The molecule has 0 radical (unpaired) electrons. The van der Waals surface area contributed by atoms with Crippen molar-refractivity contribution in [2.45, 2.75) is 0 Å². The lowest BCUT2D eigenvalue weighted by molar-refractivity contribution is 0.198. The van der Waals surface area contributed by atoms with E-state index in [1.54, 1.807) is 6.07 Å². The lowest BCUT2D eigenvalue weighted by Crippen LogP contribution is -1.84. The monoisotopic (exact) mass is 150 g/mol. The normalized spacial score (nSPS) is 10.5. The third-order valence-corrected chi connectivity index (χ3v) is 1.51. The molecule has 2 rings (SSSR count). The van der Waals surface area contributed by atoms with Crippen molar-refractivity contribution in [3.63, 3.8) is 0 Å². The Labute approximate surface area is 62.3 Å². The predicted octanol–water partition coefficient (Wildman–Crippen LogP) is 0.979. The molecular formula is C7H6N2O2. The van der Waals surface area contributed by atoms with Crippen molar-refractivity contribution >= 4 is 11.0 Å². The first kappa shape index (κ1) is 6.03. The summed E-state index contributed by atoms with van der Waals surface area (Å²) >= 11 is 0. The predicted molar refractivity (Wildman–Crippen MR) is 38.6 cm³/mol. The number of fused-ring (bicyclic) bond motifs is 1. The summed E-state index contributed by atoms with van der Waals surface area (Å²) in [7, 11) is 0. The van der Waals surface area contributed by atoms with Gasteiger partial charge in [-0.3, -0.25) is 0 Å². The van der Waals surface area contributed by atoms with Gasteiger partial charge in [0, 0.05) is 6.07 Å². The first-order valence-corrected chi connectivity index (χ1v) is 3.13. The number of benzene rings is 1. The minimum atomic E-state index is 0.149. The van der Waals surface area contributed by atoms with E-state index in [0.717, 1.165) is 4.73 Å². The molecule has 1 aromatic carbocycles. The molecular weight excluding hydrogens is 144 g/mol. The van der Waals surface area contributed by atoms with Crippen LogP contribution in [0, 0.1) is 0 Å². The molecule has 0 atom stereocenters. The average molecular weight is 150 g/mol. The molecule has 0 saturated heterocycles. The van der Waals surface area contributed by atoms with E-state index in [-0.39, 0.29) is 5.75 Å². The zero-order valence-corrected chi connectivity index (χ0v) is 5.60. The Morgan fingerprint density at radius 3 is 3.00 bits per heavy atom. The van der Waals surface area contributed by atoms with E-state index in [1.807, 2.05) is 0 Å². The van der Waals surface area contributed by atoms with Crippen LogP contribution in [-0.2, 0) is 0 Å². The van der Waals surface area contributed by atoms with Crippen LogP contribution in [0.2, 0.25) is 0 Å². The number of aromatic hydroxyl groups is 1. The maximum atomic E-state index is 9.07. The molecule has 0 fully saturated rings. The van der Waals surface area contributed by atoms with E-state index in [0.29, 0.717) is 11.0 Å². The van der Waals surface area contributed by atoms with Crippen LogP contribution in [0.1, 0.15) is 0 Å². The minimum absolute atomic E-state index is 0.149. The van der Waals surface area contributed by atoms with Crippen LogP contribution in [0.3, 0.4) is 0 Å². The highest BCUT2D eigenvalue weighted by Gasteiger charge is 2.00. The van der Waals surface area contributed by atoms with E-state index in [2.05, 4.69) is 4.98 Å². The zero-order chi connectivity index (χ0) is 7.84. The quantitative estimate of drug-likeness (QED) is 0.550. The standard InChI is InChI=1S/C7H6N2O2/c10-5-1-2-7-6(3-5)8-4-9(7)11/h1-4,10-11H. The van der Waals surface area contributed by atoms with Gasteiger partial charge in [0.15, 0.2) is 0 Å². The van der Waals surface area contributed by atoms with Gasteiger partial charge in [-0.2, -0.15) is 4.73 Å². The number of phenolic OH excluding ortho intramolecular Hbond substituents is 1. The summed E-state index contributed by atoms with van der Waals surface area (Å²) in [5, 5.41) is 18.1. The average Bonchev–Trinajstić information content (AvgIpc) is 2.32. The topological polar surface area (TPSA) is 58.3 Å². The second kappa shape index (κ2) is 1.88. The SMILES string of the molecule is Oc1ccc2c(c1)ncn2O. The first-order chi connectivity index (χ1) is 5.27. The summed E-state index contributed by atoms with van der Waals surface area (Å²) in [5.41, 5.74) is 1.16. The Balaban J connectivity index is 2.86. The summed E-state index contributed by atoms with van der Waals surface area (Å²) in [6.07, 6.45) is 1.28. The molecule has 56 valence electrons. The van der Waals surface area contributed by atoms with Gasteiger partial charge in [-0.05, 0) is 12.1 Å². The molecule has 0 bridgehead atoms. The molecule has 0 spiro atoms. The Bertz CT molecular complexity index is 394. The molecule has 0 saturated carbocycles. The number of phenols is 1. The van der Waals surface area contributed by atoms with E-state index >= 15 is 0 Å². The second-order valence-corrected chi connectivity index (χ2v) is 2.26. The number of hydrogen-bond acceptors (Lipinski definition) is 3. The van der Waals surface area contributed by atoms with Gasteiger partial charge in [0.1, 0.15) is 17.6 Å². The molecule has 4 nitrogen and oxygen atoms in total. The van der Waals surface area contributed by atoms with Crippen molar-refractivity contribution < 1.29 is 10.3 Å². The molecule has 2 aromatic rings. The van der Waals surface area contributed by atoms with Gasteiger partial charge in [-0.1, -0.05) is 0 Å². The van der Waals surface area contributed by atoms with Crippen LogP contribution >= 0.6 is 0 Å². The Hall–Kier alpha value is -1.71. The van der Waals surface area contributed by atoms with Crippen molar-refractivity contribution in [3.8, 4) is 5.75 Å². The fourth-order valence-corrected chi connectivity index (χ4v) is 0.988. The second-order valence-electron chi connectivity index (χ2n) is 2.26. The molecule has 0 aliphatic rings. The summed E-state index contributed by atoms with van der Waals surface area (Å²) in [6.45, 7) is 0. The summed E-state index contributed by atoms with van der Waals surface area (Å²) in [5.74, 6) is 0.149. The third-order valence-electron chi connectivity index (χ3n) is 1.51. The fourth-order valence-electron chi connectivity index (χ4n) is 0.988. The third kappa shape index (κ3) is 0.797. The lowest BCUT2D eigenvalue weighted by atomic mass is 10.3.